The fourth-order valence-corrected chi connectivity index (χ4v) is 18.1. The van der Waals surface area contributed by atoms with Crippen LogP contribution in [-0.4, -0.2) is 35.0 Å². The summed E-state index contributed by atoms with van der Waals surface area (Å²) < 4.78 is 11.5. The fourth-order valence-electron chi connectivity index (χ4n) is 2.90. The Morgan fingerprint density at radius 2 is 1.46 bits per heavy atom. The zero-order valence-corrected chi connectivity index (χ0v) is 19.1. The van der Waals surface area contributed by atoms with Crippen molar-refractivity contribution >= 4 is 22.2 Å². The van der Waals surface area contributed by atoms with Crippen molar-refractivity contribution in [3.05, 3.63) is 21.9 Å². The predicted octanol–water partition coefficient (Wildman–Crippen LogP) is 5.32. The van der Waals surface area contributed by atoms with E-state index in [1.807, 2.05) is 0 Å². The molecule has 0 atom stereocenters. The van der Waals surface area contributed by atoms with Gasteiger partial charge in [-0.3, -0.25) is 10.1 Å². The molecule has 1 rings (SSSR count). The molecule has 0 bridgehead atoms. The molecule has 0 radical (unpaired) electrons. The van der Waals surface area contributed by atoms with Gasteiger partial charge in [0.25, 0.3) is 0 Å². The van der Waals surface area contributed by atoms with Gasteiger partial charge in [-0.2, -0.15) is 0 Å². The molecule has 24 heavy (non-hydrogen) atoms. The maximum absolute atomic E-state index is 9.17. The van der Waals surface area contributed by atoms with Gasteiger partial charge in [-0.05, 0) is 0 Å². The summed E-state index contributed by atoms with van der Waals surface area (Å²) in [7, 11) is 0. The molecule has 0 aliphatic heterocycles. The first kappa shape index (κ1) is 23.4. The molecule has 0 saturated carbocycles. The van der Waals surface area contributed by atoms with Gasteiger partial charge >= 0.3 is 123 Å². The van der Waals surface area contributed by atoms with E-state index in [2.05, 4.69) is 38.9 Å². The minimum absolute atomic E-state index is 0.0278. The summed E-state index contributed by atoms with van der Waals surface area (Å²) in [5.74, 6) is 0. The molecule has 0 fully saturated rings. The minimum atomic E-state index is -2.30. The Labute approximate surface area is 151 Å². The average Bonchev–Trinajstić information content (AvgIpc) is 3.02. The molecule has 0 aliphatic rings. The topological polar surface area (TPSA) is 69.2 Å². The smallest absolute Gasteiger partial charge is 0.201 e. The number of unbranched alkanes of at least 4 members (excludes halogenated alkanes) is 3. The van der Waals surface area contributed by atoms with E-state index in [0.717, 1.165) is 5.69 Å². The standard InChI is InChI=1S/C4H4NO.3C4H9.C2H5NO2.Sn/c1-4-2-3-6-5-4;3*1-3-4-2;1-2-3(4)5;/h2H,1H3;3*1,3-4H2,2H3;2H2,1H3;. The maximum atomic E-state index is 9.17. The number of aromatic nitrogens is 1. The predicted molar refractivity (Wildman–Crippen MR) is 103 cm³/mol. The normalized spacial score (nSPS) is 11.0. The summed E-state index contributed by atoms with van der Waals surface area (Å²) in [6.07, 6.45) is 8.06. The van der Waals surface area contributed by atoms with Crippen LogP contribution in [0.3, 0.4) is 0 Å². The monoisotopic (exact) mass is 448 g/mol. The van der Waals surface area contributed by atoms with Crippen molar-refractivity contribution in [2.45, 2.75) is 86.5 Å². The minimum Gasteiger partial charge on any atom is -0.265 e. The van der Waals surface area contributed by atoms with Gasteiger partial charge in [0.05, 0.1) is 0 Å². The van der Waals surface area contributed by atoms with Crippen LogP contribution in [0.5, 0.6) is 0 Å². The molecule has 0 N–H and O–H groups in total. The van der Waals surface area contributed by atoms with Crippen LogP contribution in [0.25, 0.3) is 0 Å². The van der Waals surface area contributed by atoms with Crippen molar-refractivity contribution in [3.8, 4) is 0 Å². The Balaban J connectivity index is 0.000000922. The molecule has 140 valence electrons. The first-order chi connectivity index (χ1) is 11.5. The second-order valence-electron chi connectivity index (χ2n) is 6.57. The molecular weight excluding hydrogens is 411 g/mol. The van der Waals surface area contributed by atoms with Crippen LogP contribution in [0.4, 0.5) is 0 Å². The Morgan fingerprint density at radius 3 is 1.71 bits per heavy atom. The number of hydrogen-bond donors (Lipinski definition) is 0. The molecule has 0 aliphatic carbocycles. The fraction of sp³-hybridized carbons (Fsp3) is 0.833. The molecule has 1 heterocycles. The number of aryl methyl sites for hydroxylation is 1. The Kier molecular flexibility index (Phi) is 13.3. The van der Waals surface area contributed by atoms with Crippen LogP contribution < -0.4 is 3.78 Å². The SMILES string of the molecule is CCC[CH2][Sn]([CH2]CCC)([CH2]CCC)[c]1cc(C)no1.CC[N+](=O)[O-]. The van der Waals surface area contributed by atoms with Crippen LogP contribution in [0.1, 0.15) is 71.9 Å². The van der Waals surface area contributed by atoms with Crippen LogP contribution in [0, 0.1) is 17.0 Å². The number of nitro groups is 1. The summed E-state index contributed by atoms with van der Waals surface area (Å²) in [6.45, 7) is 10.5. The summed E-state index contributed by atoms with van der Waals surface area (Å²) in [5, 5.41) is 13.4. The van der Waals surface area contributed by atoms with Crippen LogP contribution in [-0.2, 0) is 0 Å². The third-order valence-electron chi connectivity index (χ3n) is 4.44. The molecule has 0 amide bonds. The van der Waals surface area contributed by atoms with Crippen molar-refractivity contribution in [2.75, 3.05) is 6.54 Å². The van der Waals surface area contributed by atoms with Crippen molar-refractivity contribution in [2.24, 2.45) is 0 Å². The quantitative estimate of drug-likeness (QED) is 0.262. The number of hydrogen-bond acceptors (Lipinski definition) is 4. The molecule has 1 aromatic rings. The van der Waals surface area contributed by atoms with E-state index in [-0.39, 0.29) is 11.5 Å². The van der Waals surface area contributed by atoms with Crippen LogP contribution in [0.15, 0.2) is 10.6 Å². The molecule has 0 unspecified atom stereocenters. The molecular formula is C18H36N2O3Sn. The van der Waals surface area contributed by atoms with E-state index in [1.165, 1.54) is 62.5 Å². The van der Waals surface area contributed by atoms with Gasteiger partial charge in [-0.15, -0.1) is 0 Å². The molecule has 0 aromatic carbocycles. The Morgan fingerprint density at radius 1 is 1.04 bits per heavy atom. The van der Waals surface area contributed by atoms with E-state index in [1.54, 1.807) is 0 Å². The van der Waals surface area contributed by atoms with Crippen LogP contribution >= 0.6 is 0 Å². The number of rotatable bonds is 11. The first-order valence-corrected chi connectivity index (χ1v) is 17.0. The summed E-state index contributed by atoms with van der Waals surface area (Å²) in [4.78, 5) is 8.80. The molecule has 5 nitrogen and oxygen atoms in total. The summed E-state index contributed by atoms with van der Waals surface area (Å²) in [5.41, 5.74) is 1.07. The third-order valence-corrected chi connectivity index (χ3v) is 19.3. The second-order valence-corrected chi connectivity index (χ2v) is 19.6. The van der Waals surface area contributed by atoms with Gasteiger partial charge in [0.1, 0.15) is 0 Å². The second kappa shape index (κ2) is 13.7. The van der Waals surface area contributed by atoms with E-state index in [4.69, 9.17) is 4.52 Å². The molecule has 0 saturated heterocycles. The van der Waals surface area contributed by atoms with Crippen molar-refractivity contribution in [1.82, 2.24) is 5.16 Å². The Hall–Kier alpha value is -0.591. The van der Waals surface area contributed by atoms with E-state index < -0.39 is 18.4 Å². The summed E-state index contributed by atoms with van der Waals surface area (Å²) >= 11 is -2.30. The zero-order valence-electron chi connectivity index (χ0n) is 16.3. The Bertz CT molecular complexity index is 427. The molecule has 6 heteroatoms. The van der Waals surface area contributed by atoms with E-state index in [0.29, 0.717) is 0 Å². The average molecular weight is 447 g/mol. The first-order valence-electron chi connectivity index (χ1n) is 9.51. The van der Waals surface area contributed by atoms with Gasteiger partial charge < -0.3 is 0 Å². The van der Waals surface area contributed by atoms with Crippen LogP contribution in [0.2, 0.25) is 13.3 Å². The van der Waals surface area contributed by atoms with Gasteiger partial charge in [0, 0.05) is 11.8 Å². The third kappa shape index (κ3) is 9.04. The van der Waals surface area contributed by atoms with Gasteiger partial charge in [-0.25, -0.2) is 0 Å². The van der Waals surface area contributed by atoms with Gasteiger partial charge in [-0.1, -0.05) is 0 Å². The van der Waals surface area contributed by atoms with Gasteiger partial charge in [0.15, 0.2) is 0 Å². The summed E-state index contributed by atoms with van der Waals surface area (Å²) in [6, 6.07) is 2.26. The zero-order chi connectivity index (χ0) is 18.4. The molecule has 1 aromatic heterocycles. The van der Waals surface area contributed by atoms with Crippen molar-refractivity contribution in [1.29, 1.82) is 0 Å². The largest absolute Gasteiger partial charge is 0.265 e. The van der Waals surface area contributed by atoms with Crippen molar-refractivity contribution < 1.29 is 9.45 Å². The maximum Gasteiger partial charge on any atom is 0.201 e. The van der Waals surface area contributed by atoms with E-state index >= 15 is 0 Å². The number of nitrogens with zero attached hydrogens (tertiary/aromatic N) is 2. The molecule has 0 spiro atoms. The van der Waals surface area contributed by atoms with Gasteiger partial charge in [0.2, 0.25) is 6.54 Å². The van der Waals surface area contributed by atoms with Crippen molar-refractivity contribution in [3.63, 3.8) is 0 Å². The van der Waals surface area contributed by atoms with E-state index in [9.17, 15) is 10.1 Å².